The van der Waals surface area contributed by atoms with Crippen molar-refractivity contribution in [2.75, 3.05) is 7.11 Å². The summed E-state index contributed by atoms with van der Waals surface area (Å²) >= 11 is 0. The number of aromatic nitrogens is 1. The third-order valence-corrected chi connectivity index (χ3v) is 5.18. The molecule has 118 valence electrons. The van der Waals surface area contributed by atoms with Crippen molar-refractivity contribution in [2.45, 2.75) is 71.3 Å². The Bertz CT molecular complexity index is 486. The smallest absolute Gasteiger partial charge is 0.128 e. The maximum Gasteiger partial charge on any atom is 0.128 e. The van der Waals surface area contributed by atoms with Crippen LogP contribution in [0.3, 0.4) is 0 Å². The Morgan fingerprint density at radius 1 is 1.33 bits per heavy atom. The average molecular weight is 290 g/mol. The van der Waals surface area contributed by atoms with Gasteiger partial charge in [0.1, 0.15) is 5.75 Å². The summed E-state index contributed by atoms with van der Waals surface area (Å²) < 4.78 is 5.52. The van der Waals surface area contributed by atoms with E-state index >= 15 is 0 Å². The lowest BCUT2D eigenvalue weighted by Crippen LogP contribution is -2.42. The van der Waals surface area contributed by atoms with Gasteiger partial charge in [0.05, 0.1) is 7.11 Å². The summed E-state index contributed by atoms with van der Waals surface area (Å²) in [5.74, 6) is 1.82. The summed E-state index contributed by atoms with van der Waals surface area (Å²) in [7, 11) is 1.73. The van der Waals surface area contributed by atoms with Gasteiger partial charge in [-0.25, -0.2) is 0 Å². The second-order valence-electron chi connectivity index (χ2n) is 6.79. The van der Waals surface area contributed by atoms with Gasteiger partial charge in [-0.15, -0.1) is 0 Å². The molecule has 1 saturated carbocycles. The van der Waals surface area contributed by atoms with E-state index in [0.717, 1.165) is 47.8 Å². The van der Waals surface area contributed by atoms with Crippen molar-refractivity contribution in [2.24, 2.45) is 11.7 Å². The highest BCUT2D eigenvalue weighted by Gasteiger charge is 2.30. The summed E-state index contributed by atoms with van der Waals surface area (Å²) in [5.41, 5.74) is 9.98. The molecule has 1 aliphatic carbocycles. The Morgan fingerprint density at radius 3 is 2.76 bits per heavy atom. The van der Waals surface area contributed by atoms with E-state index < -0.39 is 0 Å². The molecular formula is C18H30N2O. The van der Waals surface area contributed by atoms with Crippen LogP contribution >= 0.6 is 0 Å². The normalized spacial score (nSPS) is 26.4. The zero-order valence-electron chi connectivity index (χ0n) is 14.0. The van der Waals surface area contributed by atoms with E-state index in [1.807, 2.05) is 13.1 Å². The highest BCUT2D eigenvalue weighted by Crippen LogP contribution is 2.34. The zero-order chi connectivity index (χ0) is 15.5. The number of ether oxygens (including phenoxy) is 1. The van der Waals surface area contributed by atoms with Crippen molar-refractivity contribution in [1.82, 2.24) is 4.98 Å². The summed E-state index contributed by atoms with van der Waals surface area (Å²) in [6.07, 6.45) is 10.1. The fourth-order valence-electron chi connectivity index (χ4n) is 3.67. The molecule has 1 aliphatic rings. The molecule has 3 heteroatoms. The first-order valence-electron chi connectivity index (χ1n) is 8.27. The van der Waals surface area contributed by atoms with E-state index in [4.69, 9.17) is 10.5 Å². The minimum absolute atomic E-state index is 0.0953. The van der Waals surface area contributed by atoms with Gasteiger partial charge in [-0.3, -0.25) is 4.98 Å². The fourth-order valence-corrected chi connectivity index (χ4v) is 3.67. The molecule has 1 aromatic heterocycles. The van der Waals surface area contributed by atoms with Gasteiger partial charge >= 0.3 is 0 Å². The van der Waals surface area contributed by atoms with Gasteiger partial charge in [0.15, 0.2) is 0 Å². The van der Waals surface area contributed by atoms with Crippen LogP contribution in [0.4, 0.5) is 0 Å². The quantitative estimate of drug-likeness (QED) is 0.854. The average Bonchev–Trinajstić information content (AvgIpc) is 2.65. The molecule has 0 aromatic carbocycles. The monoisotopic (exact) mass is 290 g/mol. The van der Waals surface area contributed by atoms with E-state index in [1.54, 1.807) is 7.11 Å². The Hall–Kier alpha value is -1.09. The molecule has 0 amide bonds. The Labute approximate surface area is 129 Å². The summed E-state index contributed by atoms with van der Waals surface area (Å²) in [6.45, 7) is 6.44. The van der Waals surface area contributed by atoms with Crippen LogP contribution in [0.1, 0.15) is 62.3 Å². The van der Waals surface area contributed by atoms with Gasteiger partial charge < -0.3 is 10.5 Å². The van der Waals surface area contributed by atoms with Crippen molar-refractivity contribution >= 4 is 0 Å². The van der Waals surface area contributed by atoms with E-state index in [2.05, 4.69) is 18.8 Å². The molecule has 0 aliphatic heterocycles. The first kappa shape index (κ1) is 16.3. The molecule has 2 rings (SSSR count). The second-order valence-corrected chi connectivity index (χ2v) is 6.79. The molecule has 21 heavy (non-hydrogen) atoms. The molecular weight excluding hydrogens is 260 g/mol. The highest BCUT2D eigenvalue weighted by molar-refractivity contribution is 5.41. The maximum absolute atomic E-state index is 6.73. The Morgan fingerprint density at radius 2 is 2.10 bits per heavy atom. The lowest BCUT2D eigenvalue weighted by Gasteiger charge is -2.29. The summed E-state index contributed by atoms with van der Waals surface area (Å²) in [5, 5.41) is 0. The first-order valence-corrected chi connectivity index (χ1v) is 8.27. The van der Waals surface area contributed by atoms with Crippen molar-refractivity contribution < 1.29 is 4.74 Å². The first-order chi connectivity index (χ1) is 9.99. The molecule has 0 saturated heterocycles. The molecule has 1 heterocycles. The minimum Gasteiger partial charge on any atom is -0.496 e. The van der Waals surface area contributed by atoms with Crippen LogP contribution in [0, 0.1) is 19.8 Å². The number of rotatable bonds is 4. The number of pyridine rings is 1. The molecule has 0 radical (unpaired) electrons. The zero-order valence-corrected chi connectivity index (χ0v) is 14.0. The van der Waals surface area contributed by atoms with Crippen LogP contribution in [0.5, 0.6) is 5.75 Å². The number of nitrogens with zero attached hydrogens (tertiary/aromatic N) is 1. The fraction of sp³-hybridized carbons (Fsp3) is 0.722. The van der Waals surface area contributed by atoms with E-state index in [-0.39, 0.29) is 5.54 Å². The van der Waals surface area contributed by atoms with Crippen LogP contribution in [0.15, 0.2) is 6.20 Å². The predicted octanol–water partition coefficient (Wildman–Crippen LogP) is 3.94. The Kier molecular flexibility index (Phi) is 5.26. The topological polar surface area (TPSA) is 48.1 Å². The van der Waals surface area contributed by atoms with Gasteiger partial charge in [-0.1, -0.05) is 26.2 Å². The molecule has 2 N–H and O–H groups in total. The number of hydrogen-bond donors (Lipinski definition) is 1. The minimum atomic E-state index is -0.0953. The van der Waals surface area contributed by atoms with Crippen LogP contribution in [0.25, 0.3) is 0 Å². The van der Waals surface area contributed by atoms with Gasteiger partial charge in [-0.2, -0.15) is 0 Å². The van der Waals surface area contributed by atoms with Crippen LogP contribution < -0.4 is 10.5 Å². The van der Waals surface area contributed by atoms with Crippen molar-refractivity contribution in [3.8, 4) is 5.75 Å². The van der Waals surface area contributed by atoms with E-state index in [1.165, 1.54) is 25.7 Å². The van der Waals surface area contributed by atoms with Crippen molar-refractivity contribution in [3.63, 3.8) is 0 Å². The molecule has 3 nitrogen and oxygen atoms in total. The molecule has 1 fully saturated rings. The summed E-state index contributed by atoms with van der Waals surface area (Å²) in [4.78, 5) is 4.64. The standard InChI is InChI=1S/C18H30N2O/c1-5-15-7-6-9-18(19,10-8-15)11-16-14(3)17(21-4)13(2)12-20-16/h12,15H,5-11,19H2,1-4H3. The van der Waals surface area contributed by atoms with Gasteiger partial charge in [0, 0.05) is 35.0 Å². The lowest BCUT2D eigenvalue weighted by molar-refractivity contribution is 0.353. The van der Waals surface area contributed by atoms with Crippen LogP contribution in [0.2, 0.25) is 0 Å². The number of nitrogens with two attached hydrogens (primary N) is 1. The third-order valence-electron chi connectivity index (χ3n) is 5.18. The van der Waals surface area contributed by atoms with Gasteiger partial charge in [0.25, 0.3) is 0 Å². The third kappa shape index (κ3) is 3.76. The van der Waals surface area contributed by atoms with Crippen molar-refractivity contribution in [3.05, 3.63) is 23.0 Å². The lowest BCUT2D eigenvalue weighted by atomic mass is 9.85. The predicted molar refractivity (Wildman–Crippen MR) is 87.8 cm³/mol. The van der Waals surface area contributed by atoms with Crippen molar-refractivity contribution in [1.29, 1.82) is 0 Å². The van der Waals surface area contributed by atoms with Gasteiger partial charge in [-0.05, 0) is 39.0 Å². The number of methoxy groups -OCH3 is 1. The maximum atomic E-state index is 6.73. The van der Waals surface area contributed by atoms with E-state index in [0.29, 0.717) is 0 Å². The van der Waals surface area contributed by atoms with Crippen LogP contribution in [-0.2, 0) is 6.42 Å². The molecule has 2 atom stereocenters. The number of aryl methyl sites for hydroxylation is 1. The molecule has 0 bridgehead atoms. The largest absolute Gasteiger partial charge is 0.496 e. The molecule has 2 unspecified atom stereocenters. The molecule has 1 aromatic rings. The highest BCUT2D eigenvalue weighted by atomic mass is 16.5. The second kappa shape index (κ2) is 6.78. The van der Waals surface area contributed by atoms with E-state index in [9.17, 15) is 0 Å². The summed E-state index contributed by atoms with van der Waals surface area (Å²) in [6, 6.07) is 0. The number of hydrogen-bond acceptors (Lipinski definition) is 3. The molecule has 0 spiro atoms. The van der Waals surface area contributed by atoms with Gasteiger partial charge in [0.2, 0.25) is 0 Å². The van der Waals surface area contributed by atoms with Crippen LogP contribution in [-0.4, -0.2) is 17.6 Å². The SMILES string of the molecule is CCC1CCCC(N)(Cc2ncc(C)c(OC)c2C)CC1. The Balaban J connectivity index is 2.17.